The number of aliphatic hydroxyl groups excluding tert-OH is 1. The third kappa shape index (κ3) is 4.00. The minimum absolute atomic E-state index is 0.154. The van der Waals surface area contributed by atoms with Crippen LogP contribution in [0, 0.1) is 5.92 Å². The number of carbonyl (C=O) groups excluding carboxylic acids is 1. The minimum Gasteiger partial charge on any atom is -0.418 e. The van der Waals surface area contributed by atoms with Crippen LogP contribution in [0.4, 0.5) is 0 Å². The normalized spacial score (nSPS) is 20.9. The lowest BCUT2D eigenvalue weighted by atomic mass is 9.99. The molecule has 1 saturated carbocycles. The summed E-state index contributed by atoms with van der Waals surface area (Å²) in [6.45, 7) is 2.02. The van der Waals surface area contributed by atoms with Crippen molar-refractivity contribution in [2.45, 2.75) is 51.1 Å². The summed E-state index contributed by atoms with van der Waals surface area (Å²) in [6.07, 6.45) is 6.34. The SMILES string of the molecule is CO[Si](C)(CO)CCCC(=O)C1CCCC1. The molecular weight excluding hydrogens is 220 g/mol. The van der Waals surface area contributed by atoms with E-state index < -0.39 is 8.32 Å². The monoisotopic (exact) mass is 244 g/mol. The van der Waals surface area contributed by atoms with Gasteiger partial charge in [0.15, 0.2) is 0 Å². The predicted molar refractivity (Wildman–Crippen MR) is 66.7 cm³/mol. The van der Waals surface area contributed by atoms with Gasteiger partial charge in [-0.2, -0.15) is 0 Å². The summed E-state index contributed by atoms with van der Waals surface area (Å²) < 4.78 is 5.37. The maximum atomic E-state index is 11.8. The molecule has 0 amide bonds. The molecule has 1 unspecified atom stereocenters. The molecule has 0 aromatic rings. The Balaban J connectivity index is 2.21. The highest BCUT2D eigenvalue weighted by Crippen LogP contribution is 2.27. The lowest BCUT2D eigenvalue weighted by Gasteiger charge is -2.22. The molecule has 3 nitrogen and oxygen atoms in total. The summed E-state index contributed by atoms with van der Waals surface area (Å²) >= 11 is 0. The number of hydrogen-bond acceptors (Lipinski definition) is 3. The van der Waals surface area contributed by atoms with Crippen LogP contribution >= 0.6 is 0 Å². The van der Waals surface area contributed by atoms with Crippen LogP contribution in [0.1, 0.15) is 38.5 Å². The molecule has 0 aromatic carbocycles. The van der Waals surface area contributed by atoms with Crippen LogP contribution in [-0.4, -0.2) is 32.5 Å². The van der Waals surface area contributed by atoms with Crippen LogP contribution in [0.3, 0.4) is 0 Å². The molecule has 0 radical (unpaired) electrons. The van der Waals surface area contributed by atoms with E-state index in [0.717, 1.165) is 25.3 Å². The van der Waals surface area contributed by atoms with Gasteiger partial charge in [0, 0.05) is 19.4 Å². The van der Waals surface area contributed by atoms with Crippen LogP contribution in [0.15, 0.2) is 0 Å². The maximum Gasteiger partial charge on any atom is 0.214 e. The molecule has 0 spiro atoms. The maximum absolute atomic E-state index is 11.8. The third-order valence-corrected chi connectivity index (χ3v) is 6.83. The van der Waals surface area contributed by atoms with Crippen LogP contribution in [0.25, 0.3) is 0 Å². The van der Waals surface area contributed by atoms with E-state index >= 15 is 0 Å². The summed E-state index contributed by atoms with van der Waals surface area (Å²) in [5, 5.41) is 9.21. The van der Waals surface area contributed by atoms with E-state index in [2.05, 4.69) is 0 Å². The molecule has 1 aliphatic carbocycles. The Morgan fingerprint density at radius 1 is 1.44 bits per heavy atom. The summed E-state index contributed by atoms with van der Waals surface area (Å²) in [5.41, 5.74) is 0. The number of carbonyl (C=O) groups is 1. The molecule has 1 aliphatic rings. The summed E-state index contributed by atoms with van der Waals surface area (Å²) in [4.78, 5) is 11.8. The second-order valence-electron chi connectivity index (χ2n) is 5.11. The van der Waals surface area contributed by atoms with Gasteiger partial charge in [0.25, 0.3) is 0 Å². The lowest BCUT2D eigenvalue weighted by molar-refractivity contribution is -0.122. The molecule has 1 fully saturated rings. The fourth-order valence-corrected chi connectivity index (χ4v) is 3.75. The standard InChI is InChI=1S/C12H24O3Si/c1-15-16(2,10-13)9-5-8-12(14)11-6-3-4-7-11/h11,13H,3-10H2,1-2H3. The molecule has 0 aliphatic heterocycles. The van der Waals surface area contributed by atoms with Gasteiger partial charge in [-0.15, -0.1) is 0 Å². The zero-order chi connectivity index (χ0) is 12.0. The highest BCUT2D eigenvalue weighted by atomic mass is 28.4. The van der Waals surface area contributed by atoms with Crippen LogP contribution < -0.4 is 0 Å². The van der Waals surface area contributed by atoms with Gasteiger partial charge in [0.2, 0.25) is 8.32 Å². The number of aliphatic hydroxyl groups is 1. The summed E-state index contributed by atoms with van der Waals surface area (Å²) in [5.74, 6) is 0.771. The van der Waals surface area contributed by atoms with E-state index in [-0.39, 0.29) is 6.23 Å². The fourth-order valence-electron chi connectivity index (χ4n) is 2.33. The van der Waals surface area contributed by atoms with Gasteiger partial charge in [-0.05, 0) is 31.9 Å². The average molecular weight is 244 g/mol. The Labute approximate surface area is 99.3 Å². The molecule has 4 heteroatoms. The minimum atomic E-state index is -1.90. The molecule has 0 saturated heterocycles. The second kappa shape index (κ2) is 6.52. The van der Waals surface area contributed by atoms with Crippen molar-refractivity contribution in [2.24, 2.45) is 5.92 Å². The molecule has 1 atom stereocenters. The van der Waals surface area contributed by atoms with Crippen molar-refractivity contribution in [3.8, 4) is 0 Å². The Morgan fingerprint density at radius 3 is 2.56 bits per heavy atom. The Hall–Kier alpha value is -0.193. The van der Waals surface area contributed by atoms with Crippen molar-refractivity contribution in [3.63, 3.8) is 0 Å². The van der Waals surface area contributed by atoms with Crippen LogP contribution in [0.2, 0.25) is 12.6 Å². The Kier molecular flexibility index (Phi) is 5.65. The van der Waals surface area contributed by atoms with Crippen LogP contribution in [-0.2, 0) is 9.22 Å². The van der Waals surface area contributed by atoms with Gasteiger partial charge in [0.1, 0.15) is 5.78 Å². The molecule has 0 heterocycles. The molecule has 0 aromatic heterocycles. The highest BCUT2D eigenvalue weighted by molar-refractivity contribution is 6.72. The molecule has 94 valence electrons. The number of Topliss-reactive ketones (excluding diaryl/α,β-unsaturated/α-hetero) is 1. The lowest BCUT2D eigenvalue weighted by Crippen LogP contribution is -2.38. The van der Waals surface area contributed by atoms with Crippen molar-refractivity contribution >= 4 is 14.1 Å². The first-order chi connectivity index (χ1) is 7.61. The highest BCUT2D eigenvalue weighted by Gasteiger charge is 2.28. The zero-order valence-electron chi connectivity index (χ0n) is 10.5. The number of rotatable bonds is 7. The van der Waals surface area contributed by atoms with Gasteiger partial charge in [0.05, 0.1) is 6.23 Å². The van der Waals surface area contributed by atoms with Crippen molar-refractivity contribution < 1.29 is 14.3 Å². The van der Waals surface area contributed by atoms with Crippen LogP contribution in [0.5, 0.6) is 0 Å². The number of ketones is 1. The number of hydrogen-bond donors (Lipinski definition) is 1. The van der Waals surface area contributed by atoms with E-state index in [1.807, 2.05) is 6.55 Å². The van der Waals surface area contributed by atoms with E-state index in [9.17, 15) is 9.90 Å². The van der Waals surface area contributed by atoms with Crippen molar-refractivity contribution in [1.82, 2.24) is 0 Å². The summed E-state index contributed by atoms with van der Waals surface area (Å²) in [7, 11) is -0.232. The van der Waals surface area contributed by atoms with E-state index in [4.69, 9.17) is 4.43 Å². The Bertz CT molecular complexity index is 220. The molecule has 1 rings (SSSR count). The topological polar surface area (TPSA) is 46.5 Å². The van der Waals surface area contributed by atoms with Crippen molar-refractivity contribution in [2.75, 3.05) is 13.3 Å². The van der Waals surface area contributed by atoms with Crippen molar-refractivity contribution in [1.29, 1.82) is 0 Å². The van der Waals surface area contributed by atoms with Gasteiger partial charge < -0.3 is 9.53 Å². The average Bonchev–Trinajstić information content (AvgIpc) is 2.82. The third-order valence-electron chi connectivity index (χ3n) is 3.77. The predicted octanol–water partition coefficient (Wildman–Crippen LogP) is 2.28. The fraction of sp³-hybridized carbons (Fsp3) is 0.917. The second-order valence-corrected chi connectivity index (χ2v) is 9.24. The zero-order valence-corrected chi connectivity index (χ0v) is 11.5. The first kappa shape index (κ1) is 13.9. The first-order valence-electron chi connectivity index (χ1n) is 6.30. The van der Waals surface area contributed by atoms with Gasteiger partial charge in [-0.25, -0.2) is 0 Å². The van der Waals surface area contributed by atoms with Gasteiger partial charge in [-0.3, -0.25) is 4.79 Å². The van der Waals surface area contributed by atoms with Gasteiger partial charge in [-0.1, -0.05) is 12.8 Å². The van der Waals surface area contributed by atoms with Gasteiger partial charge >= 0.3 is 0 Å². The van der Waals surface area contributed by atoms with E-state index in [0.29, 0.717) is 18.1 Å². The van der Waals surface area contributed by atoms with E-state index in [1.54, 1.807) is 7.11 Å². The molecule has 16 heavy (non-hydrogen) atoms. The molecule has 1 N–H and O–H groups in total. The quantitative estimate of drug-likeness (QED) is 0.699. The smallest absolute Gasteiger partial charge is 0.214 e. The largest absolute Gasteiger partial charge is 0.418 e. The summed E-state index contributed by atoms with van der Waals surface area (Å²) in [6, 6.07) is 0.887. The van der Waals surface area contributed by atoms with E-state index in [1.165, 1.54) is 12.8 Å². The first-order valence-corrected chi connectivity index (χ1v) is 9.12. The Morgan fingerprint density at radius 2 is 2.06 bits per heavy atom. The van der Waals surface area contributed by atoms with Crippen molar-refractivity contribution in [3.05, 3.63) is 0 Å². The molecule has 0 bridgehead atoms. The molecular formula is C12H24O3Si.